The molecule has 0 unspecified atom stereocenters. The van der Waals surface area contributed by atoms with Gasteiger partial charge in [0.25, 0.3) is 0 Å². The van der Waals surface area contributed by atoms with Gasteiger partial charge in [-0.3, -0.25) is 4.68 Å². The molecule has 0 amide bonds. The van der Waals surface area contributed by atoms with Gasteiger partial charge in [-0.15, -0.1) is 0 Å². The van der Waals surface area contributed by atoms with E-state index in [4.69, 9.17) is 4.74 Å². The molecule has 0 saturated heterocycles. The average Bonchev–Trinajstić information content (AvgIpc) is 2.51. The van der Waals surface area contributed by atoms with Crippen LogP contribution in [0.15, 0.2) is 6.07 Å². The van der Waals surface area contributed by atoms with Crippen LogP contribution in [0.2, 0.25) is 0 Å². The molecule has 1 aromatic heterocycles. The maximum Gasteiger partial charge on any atom is 0.358 e. The second-order valence-electron chi connectivity index (χ2n) is 3.49. The van der Waals surface area contributed by atoms with Gasteiger partial charge in [-0.25, -0.2) is 4.79 Å². The van der Waals surface area contributed by atoms with Crippen molar-refractivity contribution in [3.63, 3.8) is 0 Å². The molecular formula is C10H15N3O2. The van der Waals surface area contributed by atoms with Crippen LogP contribution in [0.1, 0.15) is 29.5 Å². The van der Waals surface area contributed by atoms with Gasteiger partial charge in [0.15, 0.2) is 5.69 Å². The van der Waals surface area contributed by atoms with Crippen LogP contribution in [0.4, 0.5) is 0 Å². The number of hydrogen-bond donors (Lipinski definition) is 1. The van der Waals surface area contributed by atoms with Crippen molar-refractivity contribution in [2.45, 2.75) is 26.4 Å². The van der Waals surface area contributed by atoms with Gasteiger partial charge in [0.1, 0.15) is 0 Å². The number of aryl methyl sites for hydroxylation is 1. The lowest BCUT2D eigenvalue weighted by molar-refractivity contribution is 0.0518. The van der Waals surface area contributed by atoms with E-state index in [-0.39, 0.29) is 5.97 Å². The Labute approximate surface area is 88.4 Å². The quantitative estimate of drug-likeness (QED) is 0.723. The predicted octanol–water partition coefficient (Wildman–Crippen LogP) is 0.553. The highest BCUT2D eigenvalue weighted by Gasteiger charge is 2.16. The van der Waals surface area contributed by atoms with Crippen LogP contribution < -0.4 is 5.32 Å². The second-order valence-corrected chi connectivity index (χ2v) is 3.49. The molecule has 5 heteroatoms. The van der Waals surface area contributed by atoms with Gasteiger partial charge in [-0.05, 0) is 26.0 Å². The number of nitrogens with zero attached hydrogens (tertiary/aromatic N) is 2. The van der Waals surface area contributed by atoms with E-state index < -0.39 is 0 Å². The summed E-state index contributed by atoms with van der Waals surface area (Å²) in [6.07, 6.45) is 1.04. The fourth-order valence-electron chi connectivity index (χ4n) is 1.67. The van der Waals surface area contributed by atoms with Gasteiger partial charge in [0.05, 0.1) is 12.3 Å². The van der Waals surface area contributed by atoms with Crippen molar-refractivity contribution < 1.29 is 9.53 Å². The summed E-state index contributed by atoms with van der Waals surface area (Å²) < 4.78 is 6.78. The molecule has 1 N–H and O–H groups in total. The minimum absolute atomic E-state index is 0.335. The van der Waals surface area contributed by atoms with Gasteiger partial charge in [-0.1, -0.05) is 0 Å². The Hall–Kier alpha value is -1.36. The number of rotatable bonds is 2. The van der Waals surface area contributed by atoms with Gasteiger partial charge in [-0.2, -0.15) is 5.10 Å². The minimum atomic E-state index is -0.335. The number of fused-ring (bicyclic) bond motifs is 1. The van der Waals surface area contributed by atoms with Crippen molar-refractivity contribution in [3.05, 3.63) is 17.5 Å². The van der Waals surface area contributed by atoms with E-state index in [9.17, 15) is 4.79 Å². The van der Waals surface area contributed by atoms with E-state index in [0.717, 1.165) is 31.7 Å². The number of carbonyl (C=O) groups is 1. The fraction of sp³-hybridized carbons (Fsp3) is 0.600. The molecule has 0 atom stereocenters. The summed E-state index contributed by atoms with van der Waals surface area (Å²) in [5, 5.41) is 7.51. The largest absolute Gasteiger partial charge is 0.461 e. The molecule has 0 bridgehead atoms. The second kappa shape index (κ2) is 4.44. The lowest BCUT2D eigenvalue weighted by atomic mass is 10.3. The predicted molar refractivity (Wildman–Crippen MR) is 54.5 cm³/mol. The lowest BCUT2D eigenvalue weighted by Gasteiger charge is -1.99. The topological polar surface area (TPSA) is 56.2 Å². The first kappa shape index (κ1) is 10.2. The van der Waals surface area contributed by atoms with Crippen molar-refractivity contribution >= 4 is 5.97 Å². The fourth-order valence-corrected chi connectivity index (χ4v) is 1.67. The number of aromatic nitrogens is 2. The van der Waals surface area contributed by atoms with Crippen LogP contribution in [0.25, 0.3) is 0 Å². The van der Waals surface area contributed by atoms with E-state index in [1.807, 2.05) is 4.68 Å². The van der Waals surface area contributed by atoms with Crippen molar-refractivity contribution in [1.29, 1.82) is 0 Å². The van der Waals surface area contributed by atoms with Gasteiger partial charge in [0, 0.05) is 13.1 Å². The van der Waals surface area contributed by atoms with Gasteiger partial charge >= 0.3 is 5.97 Å². The Balaban J connectivity index is 2.18. The summed E-state index contributed by atoms with van der Waals surface area (Å²) in [6, 6.07) is 1.80. The molecule has 1 aromatic rings. The maximum absolute atomic E-state index is 11.4. The van der Waals surface area contributed by atoms with E-state index in [1.54, 1.807) is 13.0 Å². The van der Waals surface area contributed by atoms with Crippen molar-refractivity contribution in [2.75, 3.05) is 13.2 Å². The molecule has 1 aliphatic heterocycles. The molecule has 15 heavy (non-hydrogen) atoms. The molecule has 2 heterocycles. The number of nitrogens with one attached hydrogen (secondary N) is 1. The Morgan fingerprint density at radius 2 is 2.60 bits per heavy atom. The van der Waals surface area contributed by atoms with Crippen LogP contribution in [-0.4, -0.2) is 28.9 Å². The van der Waals surface area contributed by atoms with Crippen LogP contribution in [-0.2, 0) is 17.8 Å². The molecular weight excluding hydrogens is 194 g/mol. The number of carbonyl (C=O) groups excluding carboxylic acids is 1. The molecule has 0 radical (unpaired) electrons. The highest BCUT2D eigenvalue weighted by Crippen LogP contribution is 2.09. The minimum Gasteiger partial charge on any atom is -0.461 e. The zero-order valence-electron chi connectivity index (χ0n) is 8.82. The average molecular weight is 209 g/mol. The molecule has 0 saturated carbocycles. The first-order valence-electron chi connectivity index (χ1n) is 5.26. The Morgan fingerprint density at radius 1 is 1.73 bits per heavy atom. The number of hydrogen-bond acceptors (Lipinski definition) is 4. The smallest absolute Gasteiger partial charge is 0.358 e. The monoisotopic (exact) mass is 209 g/mol. The zero-order valence-corrected chi connectivity index (χ0v) is 8.82. The summed E-state index contributed by atoms with van der Waals surface area (Å²) in [6.45, 7) is 4.81. The highest BCUT2D eigenvalue weighted by molar-refractivity contribution is 5.87. The SMILES string of the molecule is CCOC(=O)c1cc2n(n1)CCCNC2. The Kier molecular flexibility index (Phi) is 3.01. The van der Waals surface area contributed by atoms with Crippen LogP contribution >= 0.6 is 0 Å². The third kappa shape index (κ3) is 2.18. The van der Waals surface area contributed by atoms with Crippen molar-refractivity contribution in [2.24, 2.45) is 0 Å². The first-order valence-corrected chi connectivity index (χ1v) is 5.26. The molecule has 0 aliphatic carbocycles. The number of esters is 1. The van der Waals surface area contributed by atoms with Gasteiger partial charge in [0.2, 0.25) is 0 Å². The highest BCUT2D eigenvalue weighted by atomic mass is 16.5. The summed E-state index contributed by atoms with van der Waals surface area (Å²) in [7, 11) is 0. The zero-order chi connectivity index (χ0) is 10.7. The first-order chi connectivity index (χ1) is 7.31. The summed E-state index contributed by atoms with van der Waals surface area (Å²) in [4.78, 5) is 11.4. The number of ether oxygens (including phenoxy) is 1. The van der Waals surface area contributed by atoms with Crippen molar-refractivity contribution in [1.82, 2.24) is 15.1 Å². The molecule has 2 rings (SSSR count). The molecule has 0 fully saturated rings. The normalized spacial score (nSPS) is 15.5. The summed E-state index contributed by atoms with van der Waals surface area (Å²) >= 11 is 0. The standard InChI is InChI=1S/C10H15N3O2/c1-2-15-10(14)9-6-8-7-11-4-3-5-13(8)12-9/h6,11H,2-5,7H2,1H3. The Bertz CT molecular complexity index is 336. The van der Waals surface area contributed by atoms with Crippen molar-refractivity contribution in [3.8, 4) is 0 Å². The van der Waals surface area contributed by atoms with Crippen LogP contribution in [0.5, 0.6) is 0 Å². The van der Waals surface area contributed by atoms with E-state index in [1.165, 1.54) is 0 Å². The Morgan fingerprint density at radius 3 is 3.40 bits per heavy atom. The van der Waals surface area contributed by atoms with E-state index >= 15 is 0 Å². The summed E-state index contributed by atoms with van der Waals surface area (Å²) in [5.74, 6) is -0.335. The molecule has 0 spiro atoms. The summed E-state index contributed by atoms with van der Waals surface area (Å²) in [5.41, 5.74) is 1.46. The maximum atomic E-state index is 11.4. The third-order valence-corrected chi connectivity index (χ3v) is 2.38. The molecule has 82 valence electrons. The van der Waals surface area contributed by atoms with Crippen LogP contribution in [0.3, 0.4) is 0 Å². The third-order valence-electron chi connectivity index (χ3n) is 2.38. The molecule has 1 aliphatic rings. The molecule has 0 aromatic carbocycles. The van der Waals surface area contributed by atoms with E-state index in [0.29, 0.717) is 12.3 Å². The lowest BCUT2D eigenvalue weighted by Crippen LogP contribution is -2.12. The van der Waals surface area contributed by atoms with Crippen LogP contribution in [0, 0.1) is 0 Å². The molecule has 5 nitrogen and oxygen atoms in total. The van der Waals surface area contributed by atoms with Gasteiger partial charge < -0.3 is 10.1 Å². The van der Waals surface area contributed by atoms with E-state index in [2.05, 4.69) is 10.4 Å².